The number of ether oxygens (including phenoxy) is 1. The minimum Gasteiger partial charge on any atom is -0.434 e. The van der Waals surface area contributed by atoms with E-state index in [-0.39, 0.29) is 23.8 Å². The zero-order valence-electron chi connectivity index (χ0n) is 13.4. The fourth-order valence-electron chi connectivity index (χ4n) is 2.16. The molecular weight excluding hydrogens is 330 g/mol. The third-order valence-corrected chi connectivity index (χ3v) is 3.34. The van der Waals surface area contributed by atoms with Crippen LogP contribution in [0.1, 0.15) is 15.9 Å². The molecule has 2 N–H and O–H groups in total. The predicted octanol–water partition coefficient (Wildman–Crippen LogP) is 2.38. The minimum absolute atomic E-state index is 0.0557. The van der Waals surface area contributed by atoms with E-state index in [1.54, 1.807) is 0 Å². The van der Waals surface area contributed by atoms with Gasteiger partial charge in [0.05, 0.1) is 12.1 Å². The highest BCUT2D eigenvalue weighted by atomic mass is 19.3. The number of para-hydroxylation sites is 1. The van der Waals surface area contributed by atoms with Gasteiger partial charge in [0, 0.05) is 6.54 Å². The molecule has 7 heteroatoms. The SMILES string of the molecule is O=C(CNC(=O)c1ccccc1OC(F)F)NCCc1ccccc1. The molecule has 0 radical (unpaired) electrons. The second kappa shape index (κ2) is 9.36. The Kier molecular flexibility index (Phi) is 6.88. The zero-order valence-corrected chi connectivity index (χ0v) is 13.4. The third-order valence-electron chi connectivity index (χ3n) is 3.34. The smallest absolute Gasteiger partial charge is 0.387 e. The normalized spacial score (nSPS) is 10.4. The average molecular weight is 348 g/mol. The van der Waals surface area contributed by atoms with Crippen molar-refractivity contribution in [1.29, 1.82) is 0 Å². The van der Waals surface area contributed by atoms with Crippen molar-refractivity contribution in [3.63, 3.8) is 0 Å². The predicted molar refractivity (Wildman–Crippen MR) is 88.6 cm³/mol. The standard InChI is InChI=1S/C18H18F2N2O3/c19-18(20)25-15-9-5-4-8-14(15)17(24)22-12-16(23)21-11-10-13-6-2-1-3-7-13/h1-9,18H,10-12H2,(H,21,23)(H,22,24). The van der Waals surface area contributed by atoms with Gasteiger partial charge in [-0.05, 0) is 24.1 Å². The molecular formula is C18H18F2N2O3. The number of amides is 2. The van der Waals surface area contributed by atoms with Crippen LogP contribution >= 0.6 is 0 Å². The summed E-state index contributed by atoms with van der Waals surface area (Å²) in [7, 11) is 0. The van der Waals surface area contributed by atoms with Crippen molar-refractivity contribution >= 4 is 11.8 Å². The van der Waals surface area contributed by atoms with Gasteiger partial charge >= 0.3 is 6.61 Å². The van der Waals surface area contributed by atoms with E-state index >= 15 is 0 Å². The molecule has 2 amide bonds. The number of alkyl halides is 2. The molecule has 132 valence electrons. The second-order valence-corrected chi connectivity index (χ2v) is 5.14. The molecule has 0 aliphatic rings. The lowest BCUT2D eigenvalue weighted by molar-refractivity contribution is -0.120. The molecule has 0 unspecified atom stereocenters. The van der Waals surface area contributed by atoms with E-state index in [1.165, 1.54) is 24.3 Å². The molecule has 0 aliphatic heterocycles. The highest BCUT2D eigenvalue weighted by Crippen LogP contribution is 2.19. The highest BCUT2D eigenvalue weighted by molar-refractivity contribution is 5.98. The van der Waals surface area contributed by atoms with Crippen molar-refractivity contribution in [2.45, 2.75) is 13.0 Å². The summed E-state index contributed by atoms with van der Waals surface area (Å²) in [4.78, 5) is 23.8. The summed E-state index contributed by atoms with van der Waals surface area (Å²) >= 11 is 0. The average Bonchev–Trinajstić information content (AvgIpc) is 2.60. The van der Waals surface area contributed by atoms with Gasteiger partial charge in [0.2, 0.25) is 5.91 Å². The lowest BCUT2D eigenvalue weighted by atomic mass is 10.1. The Hall–Kier alpha value is -2.96. The van der Waals surface area contributed by atoms with E-state index in [9.17, 15) is 18.4 Å². The first-order valence-corrected chi connectivity index (χ1v) is 7.69. The van der Waals surface area contributed by atoms with Crippen LogP contribution in [0.2, 0.25) is 0 Å². The summed E-state index contributed by atoms with van der Waals surface area (Å²) in [6.07, 6.45) is 0.672. The number of hydrogen-bond acceptors (Lipinski definition) is 3. The maximum atomic E-state index is 12.3. The van der Waals surface area contributed by atoms with E-state index in [0.717, 1.165) is 5.56 Å². The quantitative estimate of drug-likeness (QED) is 0.770. The zero-order chi connectivity index (χ0) is 18.1. The number of benzene rings is 2. The second-order valence-electron chi connectivity index (χ2n) is 5.14. The van der Waals surface area contributed by atoms with Crippen LogP contribution in [-0.2, 0) is 11.2 Å². The first-order valence-electron chi connectivity index (χ1n) is 7.69. The first-order chi connectivity index (χ1) is 12.1. The van der Waals surface area contributed by atoms with Crippen molar-refractivity contribution in [3.05, 3.63) is 65.7 Å². The molecule has 0 saturated heterocycles. The fraction of sp³-hybridized carbons (Fsp3) is 0.222. The van der Waals surface area contributed by atoms with Crippen LogP contribution < -0.4 is 15.4 Å². The number of hydrogen-bond donors (Lipinski definition) is 2. The van der Waals surface area contributed by atoms with Gasteiger partial charge in [-0.25, -0.2) is 0 Å². The summed E-state index contributed by atoms with van der Waals surface area (Å²) in [6.45, 7) is -2.85. The van der Waals surface area contributed by atoms with Gasteiger partial charge < -0.3 is 15.4 Å². The summed E-state index contributed by atoms with van der Waals surface area (Å²) in [5.41, 5.74) is 1.03. The van der Waals surface area contributed by atoms with E-state index in [0.29, 0.717) is 13.0 Å². The van der Waals surface area contributed by atoms with Crippen LogP contribution in [0.25, 0.3) is 0 Å². The van der Waals surface area contributed by atoms with Crippen LogP contribution in [0, 0.1) is 0 Å². The van der Waals surface area contributed by atoms with Crippen LogP contribution in [0.3, 0.4) is 0 Å². The maximum absolute atomic E-state index is 12.3. The Morgan fingerprint density at radius 3 is 2.36 bits per heavy atom. The number of carbonyl (C=O) groups is 2. The largest absolute Gasteiger partial charge is 0.434 e. The molecule has 0 saturated carbocycles. The summed E-state index contributed by atoms with van der Waals surface area (Å²) in [5, 5.41) is 5.07. The molecule has 0 atom stereocenters. The molecule has 0 fully saturated rings. The molecule has 5 nitrogen and oxygen atoms in total. The van der Waals surface area contributed by atoms with Crippen molar-refractivity contribution in [1.82, 2.24) is 10.6 Å². The lowest BCUT2D eigenvalue weighted by Gasteiger charge is -2.11. The molecule has 0 aliphatic carbocycles. The third kappa shape index (κ3) is 6.21. The van der Waals surface area contributed by atoms with Gasteiger partial charge in [-0.3, -0.25) is 9.59 Å². The topological polar surface area (TPSA) is 67.4 Å². The summed E-state index contributed by atoms with van der Waals surface area (Å²) in [5.74, 6) is -1.26. The van der Waals surface area contributed by atoms with Crippen molar-refractivity contribution in [2.75, 3.05) is 13.1 Å². The molecule has 25 heavy (non-hydrogen) atoms. The Morgan fingerprint density at radius 2 is 1.64 bits per heavy atom. The Bertz CT molecular complexity index is 708. The molecule has 2 rings (SSSR count). The van der Waals surface area contributed by atoms with Crippen molar-refractivity contribution in [3.8, 4) is 5.75 Å². The number of rotatable bonds is 8. The molecule has 0 aromatic heterocycles. The van der Waals surface area contributed by atoms with E-state index < -0.39 is 12.5 Å². The number of nitrogens with one attached hydrogen (secondary N) is 2. The van der Waals surface area contributed by atoms with E-state index in [2.05, 4.69) is 15.4 Å². The van der Waals surface area contributed by atoms with Crippen LogP contribution in [-0.4, -0.2) is 31.5 Å². The molecule has 2 aromatic carbocycles. The maximum Gasteiger partial charge on any atom is 0.387 e. The molecule has 0 bridgehead atoms. The Morgan fingerprint density at radius 1 is 0.960 bits per heavy atom. The lowest BCUT2D eigenvalue weighted by Crippen LogP contribution is -2.37. The van der Waals surface area contributed by atoms with Gasteiger partial charge in [-0.15, -0.1) is 0 Å². The highest BCUT2D eigenvalue weighted by Gasteiger charge is 2.15. The van der Waals surface area contributed by atoms with E-state index in [1.807, 2.05) is 30.3 Å². The van der Waals surface area contributed by atoms with Gasteiger partial charge in [0.1, 0.15) is 5.75 Å². The van der Waals surface area contributed by atoms with Gasteiger partial charge in [0.25, 0.3) is 5.91 Å². The van der Waals surface area contributed by atoms with Crippen LogP contribution in [0.5, 0.6) is 5.75 Å². The van der Waals surface area contributed by atoms with Crippen LogP contribution in [0.4, 0.5) is 8.78 Å². The molecule has 0 spiro atoms. The monoisotopic (exact) mass is 348 g/mol. The summed E-state index contributed by atoms with van der Waals surface area (Å²) < 4.78 is 29.0. The van der Waals surface area contributed by atoms with Gasteiger partial charge in [-0.1, -0.05) is 42.5 Å². The molecule has 2 aromatic rings. The molecule has 0 heterocycles. The van der Waals surface area contributed by atoms with Crippen molar-refractivity contribution < 1.29 is 23.1 Å². The number of halogens is 2. The fourth-order valence-corrected chi connectivity index (χ4v) is 2.16. The van der Waals surface area contributed by atoms with Crippen molar-refractivity contribution in [2.24, 2.45) is 0 Å². The van der Waals surface area contributed by atoms with Gasteiger partial charge in [0.15, 0.2) is 0 Å². The number of carbonyl (C=O) groups excluding carboxylic acids is 2. The van der Waals surface area contributed by atoms with Gasteiger partial charge in [-0.2, -0.15) is 8.78 Å². The van der Waals surface area contributed by atoms with Crippen LogP contribution in [0.15, 0.2) is 54.6 Å². The summed E-state index contributed by atoms with van der Waals surface area (Å²) in [6, 6.07) is 15.3. The minimum atomic E-state index is -3.03. The van der Waals surface area contributed by atoms with E-state index in [4.69, 9.17) is 0 Å². The Balaban J connectivity index is 1.78. The first kappa shape index (κ1) is 18.4. The Labute approximate surface area is 144 Å².